The Kier molecular flexibility index (Phi) is 6.27. The van der Waals surface area contributed by atoms with Gasteiger partial charge in [-0.2, -0.15) is 0 Å². The predicted octanol–water partition coefficient (Wildman–Crippen LogP) is 6.20. The van der Waals surface area contributed by atoms with Crippen molar-refractivity contribution in [3.63, 3.8) is 0 Å². The molecule has 1 N–H and O–H groups in total. The Morgan fingerprint density at radius 1 is 0.868 bits per heavy atom. The van der Waals surface area contributed by atoms with Crippen molar-refractivity contribution >= 4 is 61.2 Å². The largest absolute Gasteiger partial charge is 0.343 e. The molecule has 0 aliphatic carbocycles. The Morgan fingerprint density at radius 3 is 2.11 bits per heavy atom. The van der Waals surface area contributed by atoms with Gasteiger partial charge in [-0.25, -0.2) is 14.8 Å². The molecule has 0 bridgehead atoms. The summed E-state index contributed by atoms with van der Waals surface area (Å²) in [5.41, 5.74) is 3.89. The maximum Gasteiger partial charge on any atom is 0.321 e. The van der Waals surface area contributed by atoms with E-state index in [0.29, 0.717) is 31.9 Å². The number of hydrogen-bond acceptors (Lipinski definition) is 4. The number of nitrogens with zero attached hydrogens (tertiary/aromatic N) is 4. The van der Waals surface area contributed by atoms with E-state index < -0.39 is 0 Å². The van der Waals surface area contributed by atoms with E-state index >= 15 is 0 Å². The number of hydrogen-bond donors (Lipinski definition) is 1. The van der Waals surface area contributed by atoms with Crippen molar-refractivity contribution in [3.05, 3.63) is 66.7 Å². The van der Waals surface area contributed by atoms with Crippen LogP contribution in [-0.4, -0.2) is 57.9 Å². The molecule has 1 aliphatic heterocycles. The molecule has 0 saturated carbocycles. The molecule has 192 valence electrons. The van der Waals surface area contributed by atoms with Gasteiger partial charge < -0.3 is 15.1 Å². The third-order valence-corrected chi connectivity index (χ3v) is 7.70. The summed E-state index contributed by atoms with van der Waals surface area (Å²) >= 11 is 0. The molecule has 1 aliphatic rings. The molecule has 1 fully saturated rings. The fourth-order valence-electron chi connectivity index (χ4n) is 5.72. The van der Waals surface area contributed by atoms with E-state index in [9.17, 15) is 9.59 Å². The highest BCUT2D eigenvalue weighted by molar-refractivity contribution is 6.23. The summed E-state index contributed by atoms with van der Waals surface area (Å²) in [5.74, 6) is -0.00792. The van der Waals surface area contributed by atoms with Gasteiger partial charge in [0.1, 0.15) is 0 Å². The Bertz CT molecular complexity index is 1690. The summed E-state index contributed by atoms with van der Waals surface area (Å²) in [6, 6.07) is 22.0. The molecule has 7 heteroatoms. The zero-order valence-corrected chi connectivity index (χ0v) is 21.8. The van der Waals surface area contributed by atoms with Gasteiger partial charge in [-0.15, -0.1) is 0 Å². The fourth-order valence-corrected chi connectivity index (χ4v) is 5.72. The Hall–Kier alpha value is -4.26. The smallest absolute Gasteiger partial charge is 0.321 e. The van der Waals surface area contributed by atoms with Gasteiger partial charge in [0.05, 0.1) is 28.0 Å². The minimum atomic E-state index is -0.188. The van der Waals surface area contributed by atoms with Gasteiger partial charge >= 0.3 is 6.03 Å². The Balaban J connectivity index is 1.32. The van der Waals surface area contributed by atoms with E-state index in [4.69, 9.17) is 9.97 Å². The molecule has 0 unspecified atom stereocenters. The van der Waals surface area contributed by atoms with Crippen molar-refractivity contribution < 1.29 is 9.59 Å². The van der Waals surface area contributed by atoms with Gasteiger partial charge in [0.15, 0.2) is 0 Å². The van der Waals surface area contributed by atoms with Gasteiger partial charge in [-0.1, -0.05) is 48.5 Å². The first-order valence-electron chi connectivity index (χ1n) is 13.4. The van der Waals surface area contributed by atoms with E-state index in [1.807, 2.05) is 61.2 Å². The number of urea groups is 1. The lowest BCUT2D eigenvalue weighted by Gasteiger charge is -2.34. The summed E-state index contributed by atoms with van der Waals surface area (Å²) < 4.78 is 0. The number of carbonyl (C=O) groups is 2. The summed E-state index contributed by atoms with van der Waals surface area (Å²) in [6.45, 7) is 6.45. The molecule has 1 atom stereocenters. The number of piperidine rings is 1. The lowest BCUT2D eigenvalue weighted by Crippen LogP contribution is -2.47. The lowest BCUT2D eigenvalue weighted by molar-refractivity contribution is -0.136. The van der Waals surface area contributed by atoms with Gasteiger partial charge in [0, 0.05) is 42.6 Å². The highest BCUT2D eigenvalue weighted by Gasteiger charge is 2.30. The van der Waals surface area contributed by atoms with Crippen molar-refractivity contribution in [2.75, 3.05) is 31.5 Å². The molecule has 7 nitrogen and oxygen atoms in total. The SMILES string of the molecule is CCN(CC)C(=O)[C@H]1CCCN(C(=O)Nc2ccc3nc4c5ccccc5c5ccccc5c4nc3c2)C1. The van der Waals surface area contributed by atoms with Crippen molar-refractivity contribution in [1.29, 1.82) is 0 Å². The molecule has 1 aromatic heterocycles. The van der Waals surface area contributed by atoms with Gasteiger partial charge in [0.2, 0.25) is 5.91 Å². The van der Waals surface area contributed by atoms with Crippen LogP contribution in [0.1, 0.15) is 26.7 Å². The Morgan fingerprint density at radius 2 is 1.47 bits per heavy atom. The van der Waals surface area contributed by atoms with E-state index in [1.165, 1.54) is 0 Å². The average Bonchev–Trinajstić information content (AvgIpc) is 2.97. The molecule has 38 heavy (non-hydrogen) atoms. The molecule has 0 radical (unpaired) electrons. The molecule has 3 amide bonds. The average molecular weight is 506 g/mol. The van der Waals surface area contributed by atoms with Crippen LogP contribution in [0.25, 0.3) is 43.6 Å². The van der Waals surface area contributed by atoms with E-state index in [1.54, 1.807) is 4.90 Å². The molecule has 0 spiro atoms. The van der Waals surface area contributed by atoms with Crippen molar-refractivity contribution in [1.82, 2.24) is 19.8 Å². The minimum absolute atomic E-state index is 0.139. The second-order valence-corrected chi connectivity index (χ2v) is 9.94. The third-order valence-electron chi connectivity index (χ3n) is 7.70. The first-order valence-corrected chi connectivity index (χ1v) is 13.4. The van der Waals surface area contributed by atoms with Crippen LogP contribution in [0.2, 0.25) is 0 Å². The number of amides is 3. The number of carbonyl (C=O) groups excluding carboxylic acids is 2. The highest BCUT2D eigenvalue weighted by atomic mass is 16.2. The molecular weight excluding hydrogens is 474 g/mol. The normalized spacial score (nSPS) is 15.8. The zero-order chi connectivity index (χ0) is 26.2. The number of aromatic nitrogens is 2. The topological polar surface area (TPSA) is 78.4 Å². The predicted molar refractivity (Wildman–Crippen MR) is 153 cm³/mol. The number of rotatable bonds is 4. The zero-order valence-electron chi connectivity index (χ0n) is 21.8. The number of anilines is 1. The number of nitrogens with one attached hydrogen (secondary N) is 1. The molecule has 4 aromatic carbocycles. The maximum absolute atomic E-state index is 13.2. The van der Waals surface area contributed by atoms with Crippen LogP contribution in [0.5, 0.6) is 0 Å². The number of likely N-dealkylation sites (tertiary alicyclic amines) is 1. The van der Waals surface area contributed by atoms with Gasteiger partial charge in [-0.05, 0) is 55.7 Å². The lowest BCUT2D eigenvalue weighted by atomic mass is 9.96. The monoisotopic (exact) mass is 505 g/mol. The van der Waals surface area contributed by atoms with Crippen LogP contribution in [-0.2, 0) is 4.79 Å². The first kappa shape index (κ1) is 24.1. The second kappa shape index (κ2) is 9.89. The van der Waals surface area contributed by atoms with Crippen LogP contribution in [0, 0.1) is 5.92 Å². The first-order chi connectivity index (χ1) is 18.6. The molecule has 6 rings (SSSR count). The second-order valence-electron chi connectivity index (χ2n) is 9.94. The summed E-state index contributed by atoms with van der Waals surface area (Å²) in [5, 5.41) is 7.47. The summed E-state index contributed by atoms with van der Waals surface area (Å²) in [6.07, 6.45) is 1.64. The summed E-state index contributed by atoms with van der Waals surface area (Å²) in [4.78, 5) is 39.7. The molecule has 1 saturated heterocycles. The quantitative estimate of drug-likeness (QED) is 0.233. The highest BCUT2D eigenvalue weighted by Crippen LogP contribution is 2.34. The van der Waals surface area contributed by atoms with E-state index in [2.05, 4.69) is 29.6 Å². The van der Waals surface area contributed by atoms with Crippen LogP contribution < -0.4 is 5.32 Å². The standard InChI is InChI=1S/C31H31N5O2/c1-3-35(4-2)30(37)20-10-9-17-36(19-20)31(38)32-21-15-16-26-27(18-21)34-29-25-14-8-6-12-23(25)22-11-5-7-13-24(22)28(29)33-26/h5-8,11-16,18,20H,3-4,9-10,17,19H2,1-2H3,(H,32,38)/t20-/m0/s1. The third kappa shape index (κ3) is 4.18. The number of benzene rings is 4. The van der Waals surface area contributed by atoms with Crippen LogP contribution in [0.15, 0.2) is 66.7 Å². The van der Waals surface area contributed by atoms with E-state index in [0.717, 1.165) is 56.5 Å². The van der Waals surface area contributed by atoms with E-state index in [-0.39, 0.29) is 17.9 Å². The van der Waals surface area contributed by atoms with Crippen molar-refractivity contribution in [2.24, 2.45) is 5.92 Å². The van der Waals surface area contributed by atoms with Crippen molar-refractivity contribution in [2.45, 2.75) is 26.7 Å². The number of fused-ring (bicyclic) bond motifs is 7. The molecular formula is C31H31N5O2. The van der Waals surface area contributed by atoms with Gasteiger partial charge in [-0.3, -0.25) is 4.79 Å². The van der Waals surface area contributed by atoms with Crippen LogP contribution in [0.3, 0.4) is 0 Å². The molecule has 2 heterocycles. The fraction of sp³-hybridized carbons (Fsp3) is 0.290. The minimum Gasteiger partial charge on any atom is -0.343 e. The van der Waals surface area contributed by atoms with Crippen LogP contribution in [0.4, 0.5) is 10.5 Å². The van der Waals surface area contributed by atoms with Gasteiger partial charge in [0.25, 0.3) is 0 Å². The maximum atomic E-state index is 13.2. The molecule has 5 aromatic rings. The summed E-state index contributed by atoms with van der Waals surface area (Å²) in [7, 11) is 0. The Labute approximate surface area is 221 Å². The van der Waals surface area contributed by atoms with Crippen molar-refractivity contribution in [3.8, 4) is 0 Å². The van der Waals surface area contributed by atoms with Crippen LogP contribution >= 0.6 is 0 Å².